The van der Waals surface area contributed by atoms with Crippen molar-refractivity contribution in [2.45, 2.75) is 19.9 Å². The Morgan fingerprint density at radius 3 is 2.61 bits per heavy atom. The van der Waals surface area contributed by atoms with Crippen molar-refractivity contribution in [3.63, 3.8) is 0 Å². The summed E-state index contributed by atoms with van der Waals surface area (Å²) >= 11 is 0. The van der Waals surface area contributed by atoms with Gasteiger partial charge in [0.05, 0.1) is 11.4 Å². The summed E-state index contributed by atoms with van der Waals surface area (Å²) in [5, 5.41) is 12.8. The monoisotopic (exact) mass is 377 g/mol. The minimum absolute atomic E-state index is 0.0895. The van der Waals surface area contributed by atoms with Gasteiger partial charge in [0.2, 0.25) is 0 Å². The first-order valence-corrected chi connectivity index (χ1v) is 9.42. The molecule has 0 spiro atoms. The maximum absolute atomic E-state index is 5.99. The minimum Gasteiger partial charge on any atom is -0.394 e. The standard InChI is InChI=1S/C23H31N5/c1-17(8-6-7-15-25-4)19(3)27-28(5)22-12-9-20(10-13-22)26-21-11-14-23(24)18(2)16-21/h6-16,18,23,25-26H,1,24H2,2-5H3. The first kappa shape index (κ1) is 21.3. The van der Waals surface area contributed by atoms with Crippen molar-refractivity contribution < 1.29 is 0 Å². The van der Waals surface area contributed by atoms with Crippen molar-refractivity contribution >= 4 is 17.1 Å². The molecule has 5 nitrogen and oxygen atoms in total. The molecule has 0 saturated carbocycles. The molecule has 4 N–H and O–H groups in total. The van der Waals surface area contributed by atoms with Crippen molar-refractivity contribution in [3.8, 4) is 0 Å². The zero-order valence-electron chi connectivity index (χ0n) is 17.2. The van der Waals surface area contributed by atoms with Crippen molar-refractivity contribution in [1.29, 1.82) is 0 Å². The fourth-order valence-corrected chi connectivity index (χ4v) is 2.64. The van der Waals surface area contributed by atoms with Gasteiger partial charge in [-0.15, -0.1) is 0 Å². The van der Waals surface area contributed by atoms with Crippen LogP contribution in [0.3, 0.4) is 0 Å². The van der Waals surface area contributed by atoms with Gasteiger partial charge in [-0.2, -0.15) is 5.10 Å². The highest BCUT2D eigenvalue weighted by molar-refractivity contribution is 6.00. The van der Waals surface area contributed by atoms with E-state index < -0.39 is 0 Å². The highest BCUT2D eigenvalue weighted by Crippen LogP contribution is 2.21. The Morgan fingerprint density at radius 1 is 1.25 bits per heavy atom. The average molecular weight is 378 g/mol. The Morgan fingerprint density at radius 2 is 1.96 bits per heavy atom. The number of rotatable bonds is 8. The lowest BCUT2D eigenvalue weighted by molar-refractivity contribution is 0.620. The predicted octanol–water partition coefficient (Wildman–Crippen LogP) is 4.17. The van der Waals surface area contributed by atoms with Crippen molar-refractivity contribution in [1.82, 2.24) is 5.32 Å². The van der Waals surface area contributed by atoms with Crippen LogP contribution in [0.4, 0.5) is 11.4 Å². The highest BCUT2D eigenvalue weighted by atomic mass is 15.4. The fraction of sp³-hybridized carbons (Fsp3) is 0.261. The number of anilines is 2. The van der Waals surface area contributed by atoms with E-state index in [9.17, 15) is 0 Å². The zero-order valence-corrected chi connectivity index (χ0v) is 17.2. The van der Waals surface area contributed by atoms with Crippen LogP contribution in [-0.4, -0.2) is 25.8 Å². The Balaban J connectivity index is 1.99. The summed E-state index contributed by atoms with van der Waals surface area (Å²) in [6, 6.07) is 8.25. The topological polar surface area (TPSA) is 65.7 Å². The molecule has 5 heteroatoms. The maximum atomic E-state index is 5.99. The second kappa shape index (κ2) is 10.3. The van der Waals surface area contributed by atoms with Gasteiger partial charge >= 0.3 is 0 Å². The van der Waals surface area contributed by atoms with E-state index in [0.29, 0.717) is 5.92 Å². The van der Waals surface area contributed by atoms with Crippen LogP contribution in [0.15, 0.2) is 89.9 Å². The molecule has 1 aliphatic carbocycles. The molecule has 0 aliphatic heterocycles. The first-order chi connectivity index (χ1) is 13.4. The summed E-state index contributed by atoms with van der Waals surface area (Å²) in [4.78, 5) is 0. The third kappa shape index (κ3) is 6.28. The normalized spacial score (nSPS) is 19.8. The molecule has 2 unspecified atom stereocenters. The van der Waals surface area contributed by atoms with Gasteiger partial charge in [-0.05, 0) is 61.0 Å². The van der Waals surface area contributed by atoms with Crippen LogP contribution in [0.1, 0.15) is 13.8 Å². The second-order valence-electron chi connectivity index (χ2n) is 6.83. The molecule has 1 aromatic rings. The maximum Gasteiger partial charge on any atom is 0.0644 e. The molecule has 28 heavy (non-hydrogen) atoms. The lowest BCUT2D eigenvalue weighted by Crippen LogP contribution is -2.27. The number of nitrogens with one attached hydrogen (secondary N) is 2. The Kier molecular flexibility index (Phi) is 7.84. The van der Waals surface area contributed by atoms with Crippen molar-refractivity contribution in [2.24, 2.45) is 16.8 Å². The SMILES string of the molecule is C=C(C=CC=CNC)C(C)=NN(C)c1ccc(NC2=CC(C)C(N)C=C2)cc1. The number of hydrogen-bond acceptors (Lipinski definition) is 5. The molecule has 0 saturated heterocycles. The van der Waals surface area contributed by atoms with E-state index in [-0.39, 0.29) is 6.04 Å². The van der Waals surface area contributed by atoms with Gasteiger partial charge in [0.15, 0.2) is 0 Å². The first-order valence-electron chi connectivity index (χ1n) is 9.42. The molecule has 0 amide bonds. The van der Waals surface area contributed by atoms with E-state index in [1.807, 2.05) is 86.9 Å². The number of benzene rings is 1. The second-order valence-corrected chi connectivity index (χ2v) is 6.83. The van der Waals surface area contributed by atoms with Gasteiger partial charge in [-0.25, -0.2) is 0 Å². The van der Waals surface area contributed by atoms with Crippen LogP contribution < -0.4 is 21.4 Å². The quantitative estimate of drug-likeness (QED) is 0.361. The Hall–Kier alpha value is -3.05. The largest absolute Gasteiger partial charge is 0.394 e. The summed E-state index contributed by atoms with van der Waals surface area (Å²) in [5.41, 5.74) is 10.8. The van der Waals surface area contributed by atoms with Crippen LogP contribution in [0.5, 0.6) is 0 Å². The van der Waals surface area contributed by atoms with E-state index in [1.54, 1.807) is 0 Å². The third-order valence-electron chi connectivity index (χ3n) is 4.51. The molecule has 0 heterocycles. The van der Waals surface area contributed by atoms with Crippen LogP contribution in [-0.2, 0) is 0 Å². The molecule has 0 aromatic heterocycles. The number of allylic oxidation sites excluding steroid dienone is 5. The average Bonchev–Trinajstić information content (AvgIpc) is 2.68. The summed E-state index contributed by atoms with van der Waals surface area (Å²) in [7, 11) is 3.79. The van der Waals surface area contributed by atoms with Crippen LogP contribution in [0.25, 0.3) is 0 Å². The summed E-state index contributed by atoms with van der Waals surface area (Å²) < 4.78 is 0. The summed E-state index contributed by atoms with van der Waals surface area (Å²) in [5.74, 6) is 0.325. The molecule has 1 aromatic carbocycles. The van der Waals surface area contributed by atoms with Gasteiger partial charge < -0.3 is 16.4 Å². The lowest BCUT2D eigenvalue weighted by Gasteiger charge is -2.20. The van der Waals surface area contributed by atoms with E-state index in [1.165, 1.54) is 0 Å². The molecule has 0 fully saturated rings. The van der Waals surface area contributed by atoms with Gasteiger partial charge in [-0.3, -0.25) is 5.01 Å². The van der Waals surface area contributed by atoms with Gasteiger partial charge in [0.1, 0.15) is 0 Å². The minimum atomic E-state index is 0.0895. The van der Waals surface area contributed by atoms with Crippen molar-refractivity contribution in [3.05, 3.63) is 84.8 Å². The smallest absolute Gasteiger partial charge is 0.0644 e. The number of nitrogens with zero attached hydrogens (tertiary/aromatic N) is 2. The van der Waals surface area contributed by atoms with Crippen LogP contribution in [0.2, 0.25) is 0 Å². The van der Waals surface area contributed by atoms with Crippen LogP contribution in [0, 0.1) is 5.92 Å². The van der Waals surface area contributed by atoms with E-state index in [2.05, 4.69) is 35.3 Å². The Labute approximate surface area is 168 Å². The van der Waals surface area contributed by atoms with Crippen molar-refractivity contribution in [2.75, 3.05) is 24.4 Å². The fourth-order valence-electron chi connectivity index (χ4n) is 2.64. The van der Waals surface area contributed by atoms with Gasteiger partial charge in [0.25, 0.3) is 0 Å². The molecule has 2 rings (SSSR count). The number of hydrogen-bond donors (Lipinski definition) is 3. The van der Waals surface area contributed by atoms with Gasteiger partial charge in [0, 0.05) is 31.5 Å². The van der Waals surface area contributed by atoms with E-state index in [0.717, 1.165) is 28.4 Å². The van der Waals surface area contributed by atoms with Crippen LogP contribution >= 0.6 is 0 Å². The Bertz CT molecular complexity index is 812. The molecular weight excluding hydrogens is 346 g/mol. The lowest BCUT2D eigenvalue weighted by atomic mass is 9.96. The zero-order chi connectivity index (χ0) is 20.5. The van der Waals surface area contributed by atoms with E-state index >= 15 is 0 Å². The third-order valence-corrected chi connectivity index (χ3v) is 4.51. The molecular formula is C23H31N5. The van der Waals surface area contributed by atoms with Gasteiger partial charge in [-0.1, -0.05) is 37.8 Å². The molecule has 1 aliphatic rings. The molecule has 0 bridgehead atoms. The summed E-state index contributed by atoms with van der Waals surface area (Å²) in [6.45, 7) is 8.13. The molecule has 0 radical (unpaired) electrons. The number of nitrogens with two attached hydrogens (primary N) is 1. The number of hydrazone groups is 1. The summed E-state index contributed by atoms with van der Waals surface area (Å²) in [6.07, 6.45) is 13.9. The predicted molar refractivity (Wildman–Crippen MR) is 122 cm³/mol. The molecule has 2 atom stereocenters. The highest BCUT2D eigenvalue weighted by Gasteiger charge is 2.12. The molecule has 148 valence electrons. The van der Waals surface area contributed by atoms with E-state index in [4.69, 9.17) is 5.73 Å².